The van der Waals surface area contributed by atoms with Gasteiger partial charge in [-0.2, -0.15) is 0 Å². The zero-order valence-corrected chi connectivity index (χ0v) is 15.0. The van der Waals surface area contributed by atoms with Crippen LogP contribution in [-0.2, 0) is 11.8 Å². The van der Waals surface area contributed by atoms with Crippen molar-refractivity contribution in [3.63, 3.8) is 0 Å². The van der Waals surface area contributed by atoms with Gasteiger partial charge in [0.05, 0.1) is 6.10 Å². The van der Waals surface area contributed by atoms with E-state index in [1.54, 1.807) is 12.1 Å². The number of benzene rings is 1. The van der Waals surface area contributed by atoms with Crippen molar-refractivity contribution in [2.45, 2.75) is 39.4 Å². The molecule has 7 heteroatoms. The number of carbonyl (C=O) groups excluding carboxylic acids is 2. The molecule has 0 bridgehead atoms. The molecule has 1 unspecified atom stereocenters. The van der Waals surface area contributed by atoms with Gasteiger partial charge in [0.2, 0.25) is 0 Å². The topological polar surface area (TPSA) is 57.5 Å². The van der Waals surface area contributed by atoms with E-state index in [0.29, 0.717) is 11.3 Å². The lowest BCUT2D eigenvalue weighted by Crippen LogP contribution is -2.20. The molecule has 1 atom stereocenters. The summed E-state index contributed by atoms with van der Waals surface area (Å²) in [4.78, 5) is 23.7. The Hall–Kier alpha value is -2.70. The van der Waals surface area contributed by atoms with Crippen molar-refractivity contribution in [1.29, 1.82) is 0 Å². The number of halogens is 2. The standard InChI is InChI=1S/C19H21F2NO4/c1-11(2)25-15-7-5-6-13(8-15)17(18(20)21)26-19(24)16-9-14(12(3)23)10-22(16)4/h5-11,17-18H,1-4H3. The number of nitrogens with zero attached hydrogens (tertiary/aromatic N) is 1. The molecule has 2 aromatic rings. The average Bonchev–Trinajstić information content (AvgIpc) is 2.94. The molecular weight excluding hydrogens is 344 g/mol. The first kappa shape index (κ1) is 19.6. The van der Waals surface area contributed by atoms with E-state index in [-0.39, 0.29) is 23.1 Å². The molecule has 0 aliphatic carbocycles. The number of aromatic nitrogens is 1. The summed E-state index contributed by atoms with van der Waals surface area (Å²) in [6, 6.07) is 7.40. The van der Waals surface area contributed by atoms with Gasteiger partial charge in [-0.3, -0.25) is 4.79 Å². The molecule has 0 amide bonds. The fraction of sp³-hybridized carbons (Fsp3) is 0.368. The number of ketones is 1. The van der Waals surface area contributed by atoms with Crippen LogP contribution in [0.2, 0.25) is 0 Å². The first-order chi connectivity index (χ1) is 12.2. The van der Waals surface area contributed by atoms with Crippen molar-refractivity contribution in [2.24, 2.45) is 7.05 Å². The Morgan fingerprint density at radius 1 is 1.15 bits per heavy atom. The highest BCUT2D eigenvalue weighted by atomic mass is 19.3. The zero-order chi connectivity index (χ0) is 19.4. The lowest BCUT2D eigenvalue weighted by atomic mass is 10.1. The Morgan fingerprint density at radius 3 is 2.38 bits per heavy atom. The van der Waals surface area contributed by atoms with Gasteiger partial charge in [-0.25, -0.2) is 13.6 Å². The fourth-order valence-electron chi connectivity index (χ4n) is 2.44. The van der Waals surface area contributed by atoms with E-state index in [4.69, 9.17) is 9.47 Å². The predicted octanol–water partition coefficient (Wildman–Crippen LogP) is 4.18. The van der Waals surface area contributed by atoms with Gasteiger partial charge in [0, 0.05) is 24.4 Å². The second-order valence-electron chi connectivity index (χ2n) is 6.18. The van der Waals surface area contributed by atoms with Crippen molar-refractivity contribution >= 4 is 11.8 Å². The molecule has 0 aliphatic heterocycles. The molecule has 1 aromatic heterocycles. The minimum Gasteiger partial charge on any atom is -0.491 e. The van der Waals surface area contributed by atoms with Gasteiger partial charge in [0.25, 0.3) is 6.43 Å². The maximum Gasteiger partial charge on any atom is 0.355 e. The van der Waals surface area contributed by atoms with E-state index in [1.165, 1.54) is 42.9 Å². The van der Waals surface area contributed by atoms with Gasteiger partial charge >= 0.3 is 5.97 Å². The maximum absolute atomic E-state index is 13.5. The molecule has 0 N–H and O–H groups in total. The quantitative estimate of drug-likeness (QED) is 0.546. The van der Waals surface area contributed by atoms with E-state index in [1.807, 2.05) is 13.8 Å². The zero-order valence-electron chi connectivity index (χ0n) is 15.0. The molecule has 0 radical (unpaired) electrons. The van der Waals surface area contributed by atoms with E-state index in [2.05, 4.69) is 0 Å². The van der Waals surface area contributed by atoms with Crippen LogP contribution in [0.5, 0.6) is 5.75 Å². The second kappa shape index (κ2) is 8.12. The van der Waals surface area contributed by atoms with Crippen LogP contribution in [0.4, 0.5) is 8.78 Å². The van der Waals surface area contributed by atoms with Crippen molar-refractivity contribution in [2.75, 3.05) is 0 Å². The third kappa shape index (κ3) is 4.68. The van der Waals surface area contributed by atoms with Gasteiger partial charge in [0.15, 0.2) is 11.9 Å². The van der Waals surface area contributed by atoms with Crippen LogP contribution in [0.3, 0.4) is 0 Å². The Morgan fingerprint density at radius 2 is 1.85 bits per heavy atom. The summed E-state index contributed by atoms with van der Waals surface area (Å²) in [5.41, 5.74) is 0.461. The van der Waals surface area contributed by atoms with Crippen LogP contribution in [0.15, 0.2) is 36.5 Å². The molecule has 140 valence electrons. The molecule has 0 saturated heterocycles. The van der Waals surface area contributed by atoms with Crippen LogP contribution in [0.25, 0.3) is 0 Å². The van der Waals surface area contributed by atoms with Crippen LogP contribution < -0.4 is 4.74 Å². The lowest BCUT2D eigenvalue weighted by molar-refractivity contribution is -0.0357. The Bertz CT molecular complexity index is 799. The Labute approximate surface area is 150 Å². The number of rotatable bonds is 7. The largest absolute Gasteiger partial charge is 0.491 e. The third-order valence-electron chi connectivity index (χ3n) is 3.64. The summed E-state index contributed by atoms with van der Waals surface area (Å²) in [6.07, 6.45) is -3.33. The normalized spacial score (nSPS) is 12.3. The van der Waals surface area contributed by atoms with E-state index < -0.39 is 18.5 Å². The molecule has 0 fully saturated rings. The SMILES string of the molecule is CC(=O)c1cc(C(=O)OC(c2cccc(OC(C)C)c2)C(F)F)n(C)c1. The molecule has 0 spiro atoms. The van der Waals surface area contributed by atoms with Crippen LogP contribution in [0.1, 0.15) is 53.3 Å². The van der Waals surface area contributed by atoms with Crippen molar-refractivity contribution in [3.8, 4) is 5.75 Å². The number of carbonyl (C=O) groups is 2. The van der Waals surface area contributed by atoms with Crippen molar-refractivity contribution < 1.29 is 27.8 Å². The van der Waals surface area contributed by atoms with Gasteiger partial charge in [-0.1, -0.05) is 12.1 Å². The third-order valence-corrected chi connectivity index (χ3v) is 3.64. The highest BCUT2D eigenvalue weighted by molar-refractivity contribution is 5.97. The Balaban J connectivity index is 2.26. The Kier molecular flexibility index (Phi) is 6.13. The van der Waals surface area contributed by atoms with Crippen LogP contribution in [-0.4, -0.2) is 28.8 Å². The molecule has 5 nitrogen and oxygen atoms in total. The number of aryl methyl sites for hydroxylation is 1. The smallest absolute Gasteiger partial charge is 0.355 e. The van der Waals surface area contributed by atoms with Crippen LogP contribution >= 0.6 is 0 Å². The first-order valence-corrected chi connectivity index (χ1v) is 8.12. The molecule has 2 rings (SSSR count). The molecular formula is C19H21F2NO4. The molecule has 0 saturated carbocycles. The molecule has 1 heterocycles. The minimum absolute atomic E-state index is 0.0236. The summed E-state index contributed by atoms with van der Waals surface area (Å²) < 4.78 is 38.9. The summed E-state index contributed by atoms with van der Waals surface area (Å²) in [6.45, 7) is 4.99. The lowest BCUT2D eigenvalue weighted by Gasteiger charge is -2.19. The number of ether oxygens (including phenoxy) is 2. The monoisotopic (exact) mass is 365 g/mol. The summed E-state index contributed by atoms with van der Waals surface area (Å²) in [7, 11) is 1.54. The van der Waals surface area contributed by atoms with Gasteiger partial charge in [-0.15, -0.1) is 0 Å². The summed E-state index contributed by atoms with van der Waals surface area (Å²) in [5.74, 6) is -0.749. The van der Waals surface area contributed by atoms with Gasteiger partial charge < -0.3 is 14.0 Å². The summed E-state index contributed by atoms with van der Waals surface area (Å²) in [5, 5.41) is 0. The number of hydrogen-bond acceptors (Lipinski definition) is 4. The number of Topliss-reactive ketones (excluding diaryl/α,β-unsaturated/α-hetero) is 1. The minimum atomic E-state index is -2.92. The van der Waals surface area contributed by atoms with Crippen LogP contribution in [0, 0.1) is 0 Å². The van der Waals surface area contributed by atoms with Crippen molar-refractivity contribution in [3.05, 3.63) is 53.3 Å². The molecule has 26 heavy (non-hydrogen) atoms. The maximum atomic E-state index is 13.5. The second-order valence-corrected chi connectivity index (χ2v) is 6.18. The summed E-state index contributed by atoms with van der Waals surface area (Å²) >= 11 is 0. The van der Waals surface area contributed by atoms with Gasteiger partial charge in [-0.05, 0) is 39.0 Å². The fourth-order valence-corrected chi connectivity index (χ4v) is 2.44. The highest BCUT2D eigenvalue weighted by Crippen LogP contribution is 2.29. The highest BCUT2D eigenvalue weighted by Gasteiger charge is 2.29. The number of esters is 1. The number of alkyl halides is 2. The first-order valence-electron chi connectivity index (χ1n) is 8.12. The molecule has 1 aromatic carbocycles. The van der Waals surface area contributed by atoms with E-state index in [0.717, 1.165) is 0 Å². The van der Waals surface area contributed by atoms with Gasteiger partial charge in [0.1, 0.15) is 11.4 Å². The van der Waals surface area contributed by atoms with E-state index >= 15 is 0 Å². The van der Waals surface area contributed by atoms with Crippen molar-refractivity contribution in [1.82, 2.24) is 4.57 Å². The average molecular weight is 365 g/mol. The van der Waals surface area contributed by atoms with E-state index in [9.17, 15) is 18.4 Å². The predicted molar refractivity (Wildman–Crippen MR) is 91.8 cm³/mol. The molecule has 0 aliphatic rings. The number of hydrogen-bond donors (Lipinski definition) is 0.